The van der Waals surface area contributed by atoms with Crippen LogP contribution in [0, 0.1) is 23.2 Å². The van der Waals surface area contributed by atoms with E-state index in [1.54, 1.807) is 0 Å². The fourth-order valence-electron chi connectivity index (χ4n) is 6.34. The van der Waals surface area contributed by atoms with Crippen LogP contribution < -0.4 is 0 Å². The molecule has 6 nitrogen and oxygen atoms in total. The van der Waals surface area contributed by atoms with Crippen LogP contribution in [0.4, 0.5) is 0 Å². The molecule has 3 aliphatic rings. The summed E-state index contributed by atoms with van der Waals surface area (Å²) in [6, 6.07) is 0. The summed E-state index contributed by atoms with van der Waals surface area (Å²) in [5.41, 5.74) is -0.453. The minimum Gasteiger partial charge on any atom is -0.413 e. The van der Waals surface area contributed by atoms with Gasteiger partial charge in [0.2, 0.25) is 0 Å². The fraction of sp³-hybridized carbons (Fsp3) is 0.938. The molecule has 2 saturated carbocycles. The molecule has 3 rings (SSSR count). The molecule has 0 aromatic rings. The summed E-state index contributed by atoms with van der Waals surface area (Å²) in [5, 5.41) is 0.251. The normalized spacial score (nSPS) is 31.9. The summed E-state index contributed by atoms with van der Waals surface area (Å²) in [6.07, 6.45) is 11.4. The largest absolute Gasteiger partial charge is 0.413 e. The lowest BCUT2D eigenvalue weighted by atomic mass is 9.80. The van der Waals surface area contributed by atoms with Gasteiger partial charge in [0.1, 0.15) is 5.60 Å². The third kappa shape index (κ3) is 7.98. The maximum Gasteiger partial charge on any atom is 0.264 e. The van der Waals surface area contributed by atoms with Crippen LogP contribution in [0.3, 0.4) is 0 Å². The minimum absolute atomic E-state index is 0.0152. The summed E-state index contributed by atoms with van der Waals surface area (Å²) < 4.78 is 49.3. The number of epoxide rings is 1. The molecule has 0 spiro atoms. The van der Waals surface area contributed by atoms with Crippen molar-refractivity contribution < 1.29 is 26.2 Å². The molecule has 0 bridgehead atoms. The van der Waals surface area contributed by atoms with Crippen molar-refractivity contribution in [2.75, 3.05) is 12.9 Å². The van der Waals surface area contributed by atoms with Crippen LogP contribution in [0.5, 0.6) is 0 Å². The Balaban J connectivity index is 1.94. The number of fused-ring (bicyclic) bond motifs is 3. The van der Waals surface area contributed by atoms with Gasteiger partial charge in [-0.3, -0.25) is 4.18 Å². The van der Waals surface area contributed by atoms with E-state index < -0.39 is 32.4 Å². The molecule has 3 unspecified atom stereocenters. The Morgan fingerprint density at radius 3 is 2.07 bits per heavy atom. The monoisotopic (exact) mass is 630 g/mol. The molecular weight excluding hydrogens is 569 g/mol. The standard InChI is InChI=1S/C32H62O6SSi2/c1-15-16-19-31(8,9)27(38-41(13,14)30(5,6)7)18-17-23-25-21-32(22-35-39(10,33)34)28(36-32)24(25)20-26(23)37-40(11,12)29(2,3)4/h17-18,23-28H,15-16,19-22H2,1-14H3/b18-17+/t23-,24-,25+,26+,27?,28?,32?/m0/s1. The van der Waals surface area contributed by atoms with Crippen molar-refractivity contribution in [2.24, 2.45) is 23.2 Å². The zero-order valence-electron chi connectivity index (χ0n) is 28.7. The fourth-order valence-corrected chi connectivity index (χ4v) is 9.51. The summed E-state index contributed by atoms with van der Waals surface area (Å²) in [6.45, 7) is 30.3. The van der Waals surface area contributed by atoms with E-state index in [9.17, 15) is 8.42 Å². The van der Waals surface area contributed by atoms with Gasteiger partial charge in [-0.15, -0.1) is 0 Å². The van der Waals surface area contributed by atoms with Crippen molar-refractivity contribution in [2.45, 2.75) is 155 Å². The van der Waals surface area contributed by atoms with Crippen molar-refractivity contribution in [1.29, 1.82) is 0 Å². The van der Waals surface area contributed by atoms with Crippen molar-refractivity contribution in [3.63, 3.8) is 0 Å². The molecule has 1 saturated heterocycles. The van der Waals surface area contributed by atoms with Gasteiger partial charge in [0.25, 0.3) is 10.1 Å². The highest BCUT2D eigenvalue weighted by molar-refractivity contribution is 7.85. The topological polar surface area (TPSA) is 74.4 Å². The number of unbranched alkanes of at least 4 members (excludes halogenated alkanes) is 1. The number of rotatable bonds is 13. The van der Waals surface area contributed by atoms with Gasteiger partial charge in [0.05, 0.1) is 31.2 Å². The van der Waals surface area contributed by atoms with Crippen LogP contribution in [-0.2, 0) is 27.9 Å². The first-order chi connectivity index (χ1) is 18.4. The van der Waals surface area contributed by atoms with E-state index in [1.807, 2.05) is 0 Å². The molecule has 1 heterocycles. The Hall–Kier alpha value is -0.0362. The van der Waals surface area contributed by atoms with Crippen LogP contribution in [0.25, 0.3) is 0 Å². The molecule has 7 atom stereocenters. The lowest BCUT2D eigenvalue weighted by Gasteiger charge is -2.44. The second-order valence-electron chi connectivity index (χ2n) is 17.1. The average Bonchev–Trinajstić information content (AvgIpc) is 3.28. The first-order valence-electron chi connectivity index (χ1n) is 15.9. The van der Waals surface area contributed by atoms with E-state index in [1.165, 1.54) is 12.8 Å². The first kappa shape index (κ1) is 35.4. The molecule has 0 aromatic heterocycles. The SMILES string of the molecule is CCCCC(C)(C)C(/C=C/[C@H]1[C@H]2CC3(COS(C)(=O)=O)OC3[C@H]2C[C@H]1O[Si](C)(C)C(C)(C)C)O[Si](C)(C)C(C)(C)C. The molecule has 1 aliphatic heterocycles. The highest BCUT2D eigenvalue weighted by atomic mass is 32.2. The summed E-state index contributed by atoms with van der Waals surface area (Å²) >= 11 is 0. The Bertz CT molecular complexity index is 1060. The van der Waals surface area contributed by atoms with E-state index in [2.05, 4.69) is 101 Å². The lowest BCUT2D eigenvalue weighted by Crippen LogP contribution is -2.47. The van der Waals surface area contributed by atoms with Crippen molar-refractivity contribution in [1.82, 2.24) is 0 Å². The molecule has 9 heteroatoms. The smallest absolute Gasteiger partial charge is 0.264 e. The Labute approximate surface area is 255 Å². The zero-order chi connectivity index (χ0) is 31.4. The molecule has 240 valence electrons. The van der Waals surface area contributed by atoms with Gasteiger partial charge < -0.3 is 13.6 Å². The molecule has 0 aromatic carbocycles. The van der Waals surface area contributed by atoms with E-state index in [4.69, 9.17) is 17.8 Å². The first-order valence-corrected chi connectivity index (χ1v) is 23.6. The third-order valence-electron chi connectivity index (χ3n) is 11.2. The third-order valence-corrected chi connectivity index (χ3v) is 20.7. The molecule has 41 heavy (non-hydrogen) atoms. The van der Waals surface area contributed by atoms with Crippen molar-refractivity contribution >= 4 is 26.8 Å². The minimum atomic E-state index is -3.51. The van der Waals surface area contributed by atoms with E-state index in [0.717, 1.165) is 25.5 Å². The van der Waals surface area contributed by atoms with Gasteiger partial charge in [-0.2, -0.15) is 8.42 Å². The van der Waals surface area contributed by atoms with Gasteiger partial charge in [-0.25, -0.2) is 0 Å². The van der Waals surface area contributed by atoms with Gasteiger partial charge in [0, 0.05) is 5.92 Å². The summed E-state index contributed by atoms with van der Waals surface area (Å²) in [7, 11) is -7.53. The van der Waals surface area contributed by atoms with Crippen LogP contribution >= 0.6 is 0 Å². The van der Waals surface area contributed by atoms with Crippen LogP contribution in [0.1, 0.15) is 94.4 Å². The van der Waals surface area contributed by atoms with Crippen LogP contribution in [0.15, 0.2) is 12.2 Å². The number of hydrogen-bond donors (Lipinski definition) is 0. The van der Waals surface area contributed by atoms with Crippen LogP contribution in [0.2, 0.25) is 36.3 Å². The van der Waals surface area contributed by atoms with Crippen molar-refractivity contribution in [3.05, 3.63) is 12.2 Å². The Morgan fingerprint density at radius 2 is 1.56 bits per heavy atom. The maximum atomic E-state index is 11.8. The van der Waals surface area contributed by atoms with E-state index in [-0.39, 0.29) is 46.3 Å². The average molecular weight is 631 g/mol. The van der Waals surface area contributed by atoms with E-state index >= 15 is 0 Å². The molecule has 3 fully saturated rings. The van der Waals surface area contributed by atoms with Gasteiger partial charge >= 0.3 is 0 Å². The zero-order valence-corrected chi connectivity index (χ0v) is 31.5. The van der Waals surface area contributed by atoms with Crippen molar-refractivity contribution in [3.8, 4) is 0 Å². The molecule has 0 radical (unpaired) electrons. The molecular formula is C32H62O6SSi2. The Kier molecular flexibility index (Phi) is 10.1. The molecule has 2 aliphatic carbocycles. The molecule has 0 N–H and O–H groups in total. The van der Waals surface area contributed by atoms with Gasteiger partial charge in [-0.05, 0) is 72.8 Å². The number of ether oxygens (including phenoxy) is 1. The van der Waals surface area contributed by atoms with E-state index in [0.29, 0.717) is 11.8 Å². The number of hydrogen-bond acceptors (Lipinski definition) is 6. The second-order valence-corrected chi connectivity index (χ2v) is 28.3. The van der Waals surface area contributed by atoms with Gasteiger partial charge in [0.15, 0.2) is 16.6 Å². The highest BCUT2D eigenvalue weighted by Gasteiger charge is 2.71. The lowest BCUT2D eigenvalue weighted by molar-refractivity contribution is 0.0872. The molecule has 0 amide bonds. The Morgan fingerprint density at radius 1 is 0.976 bits per heavy atom. The summed E-state index contributed by atoms with van der Waals surface area (Å²) in [5.74, 6) is 0.985. The quantitative estimate of drug-likeness (QED) is 0.0882. The predicted molar refractivity (Wildman–Crippen MR) is 175 cm³/mol. The van der Waals surface area contributed by atoms with Crippen LogP contribution in [-0.4, -0.2) is 61.8 Å². The second kappa shape index (κ2) is 11.7. The maximum absolute atomic E-state index is 11.8. The van der Waals surface area contributed by atoms with Gasteiger partial charge in [-0.1, -0.05) is 87.3 Å². The highest BCUT2D eigenvalue weighted by Crippen LogP contribution is 2.64. The summed E-state index contributed by atoms with van der Waals surface area (Å²) in [4.78, 5) is 0. The predicted octanol–water partition coefficient (Wildman–Crippen LogP) is 8.31.